The second-order valence-corrected chi connectivity index (χ2v) is 8.38. The molecule has 4 aromatic rings. The molecule has 1 N–H and O–H groups in total. The van der Waals surface area contributed by atoms with Crippen LogP contribution in [0.25, 0.3) is 22.4 Å². The third-order valence-electron chi connectivity index (χ3n) is 5.18. The highest BCUT2D eigenvalue weighted by Gasteiger charge is 2.20. The number of fused-ring (bicyclic) bond motifs is 1. The minimum atomic E-state index is -0.243. The Labute approximate surface area is 190 Å². The molecule has 7 nitrogen and oxygen atoms in total. The van der Waals surface area contributed by atoms with Crippen LogP contribution in [0.4, 0.5) is 0 Å². The van der Waals surface area contributed by atoms with Gasteiger partial charge in [-0.15, -0.1) is 11.8 Å². The zero-order valence-corrected chi connectivity index (χ0v) is 19.2. The van der Waals surface area contributed by atoms with Gasteiger partial charge in [0.05, 0.1) is 0 Å². The van der Waals surface area contributed by atoms with E-state index in [9.17, 15) is 4.79 Å². The largest absolute Gasteiger partial charge is 0.467 e. The molecule has 0 aliphatic rings. The summed E-state index contributed by atoms with van der Waals surface area (Å²) < 4.78 is 11.2. The molecule has 32 heavy (non-hydrogen) atoms. The summed E-state index contributed by atoms with van der Waals surface area (Å²) in [6.07, 6.45) is 2.03. The Kier molecular flexibility index (Phi) is 6.41. The first-order valence-corrected chi connectivity index (χ1v) is 11.4. The van der Waals surface area contributed by atoms with Gasteiger partial charge in [-0.1, -0.05) is 29.4 Å². The van der Waals surface area contributed by atoms with Crippen molar-refractivity contribution in [2.75, 3.05) is 12.9 Å². The summed E-state index contributed by atoms with van der Waals surface area (Å²) in [6, 6.07) is 14.1. The smallest absolute Gasteiger partial charge is 0.265 e. The Bertz CT molecular complexity index is 1270. The molecule has 0 unspecified atom stereocenters. The summed E-state index contributed by atoms with van der Waals surface area (Å²) in [5, 5.41) is 7.62. The molecule has 2 heterocycles. The number of aryl methyl sites for hydroxylation is 3. The van der Waals surface area contributed by atoms with Crippen LogP contribution in [0.1, 0.15) is 22.5 Å². The van der Waals surface area contributed by atoms with Crippen molar-refractivity contribution < 1.29 is 14.1 Å². The fraction of sp³-hybridized carbons (Fsp3) is 0.250. The molecule has 8 heteroatoms. The van der Waals surface area contributed by atoms with Crippen LogP contribution in [0.5, 0.6) is 5.88 Å². The van der Waals surface area contributed by atoms with Crippen molar-refractivity contribution in [3.63, 3.8) is 0 Å². The van der Waals surface area contributed by atoms with Crippen molar-refractivity contribution in [3.8, 4) is 17.1 Å². The van der Waals surface area contributed by atoms with Gasteiger partial charge in [0.25, 0.3) is 11.6 Å². The highest BCUT2D eigenvalue weighted by atomic mass is 32.2. The monoisotopic (exact) mass is 448 g/mol. The van der Waals surface area contributed by atoms with E-state index in [4.69, 9.17) is 9.26 Å². The van der Waals surface area contributed by atoms with Crippen LogP contribution in [0.2, 0.25) is 0 Å². The van der Waals surface area contributed by atoms with E-state index in [1.807, 2.05) is 55.6 Å². The van der Waals surface area contributed by atoms with Crippen LogP contribution < -0.4 is 10.1 Å². The first-order valence-electron chi connectivity index (χ1n) is 10.2. The number of amides is 1. The van der Waals surface area contributed by atoms with Crippen molar-refractivity contribution in [2.24, 2.45) is 0 Å². The summed E-state index contributed by atoms with van der Waals surface area (Å²) in [6.45, 7) is 6.08. The number of carbonyl (C=O) groups excluding carboxylic acids is 1. The summed E-state index contributed by atoms with van der Waals surface area (Å²) >= 11 is 1.68. The van der Waals surface area contributed by atoms with Gasteiger partial charge in [-0.2, -0.15) is 9.97 Å². The number of aromatic nitrogens is 3. The lowest BCUT2D eigenvalue weighted by Crippen LogP contribution is -2.28. The van der Waals surface area contributed by atoms with Crippen LogP contribution in [0, 0.1) is 20.8 Å². The molecule has 0 spiro atoms. The normalized spacial score (nSPS) is 11.0. The Morgan fingerprint density at radius 3 is 2.56 bits per heavy atom. The summed E-state index contributed by atoms with van der Waals surface area (Å²) in [5.41, 5.74) is 5.14. The SMILES string of the molecule is CSc1ccc(CNC(=O)COc2nc(C)nc3onc(-c4ccc(C)c(C)c4)c23)cc1. The molecule has 2 aromatic heterocycles. The van der Waals surface area contributed by atoms with E-state index in [0.717, 1.165) is 16.7 Å². The number of thioether (sulfide) groups is 1. The van der Waals surface area contributed by atoms with Crippen LogP contribution >= 0.6 is 11.8 Å². The average Bonchev–Trinajstić information content (AvgIpc) is 3.22. The van der Waals surface area contributed by atoms with Crippen molar-refractivity contribution >= 4 is 28.8 Å². The fourth-order valence-corrected chi connectivity index (χ4v) is 3.65. The maximum absolute atomic E-state index is 12.4. The van der Waals surface area contributed by atoms with Crippen LogP contribution in [-0.4, -0.2) is 33.9 Å². The molecular formula is C24H24N4O3S. The van der Waals surface area contributed by atoms with Gasteiger partial charge in [-0.25, -0.2) is 0 Å². The summed E-state index contributed by atoms with van der Waals surface area (Å²) in [4.78, 5) is 22.3. The number of nitrogens with one attached hydrogen (secondary N) is 1. The van der Waals surface area contributed by atoms with E-state index >= 15 is 0 Å². The molecule has 0 saturated heterocycles. The lowest BCUT2D eigenvalue weighted by Gasteiger charge is -2.09. The van der Waals surface area contributed by atoms with Gasteiger partial charge >= 0.3 is 0 Å². The van der Waals surface area contributed by atoms with Gasteiger partial charge < -0.3 is 14.6 Å². The molecule has 0 fully saturated rings. The van der Waals surface area contributed by atoms with E-state index in [-0.39, 0.29) is 18.4 Å². The maximum Gasteiger partial charge on any atom is 0.265 e. The molecule has 164 valence electrons. The topological polar surface area (TPSA) is 90.1 Å². The predicted molar refractivity (Wildman–Crippen MR) is 125 cm³/mol. The van der Waals surface area contributed by atoms with Crippen LogP contribution in [0.15, 0.2) is 51.9 Å². The quantitative estimate of drug-likeness (QED) is 0.412. The number of carbonyl (C=O) groups is 1. The van der Waals surface area contributed by atoms with E-state index in [1.165, 1.54) is 10.5 Å². The number of hydrogen-bond acceptors (Lipinski definition) is 7. The molecule has 2 aromatic carbocycles. The third-order valence-corrected chi connectivity index (χ3v) is 5.93. The molecule has 0 saturated carbocycles. The Morgan fingerprint density at radius 1 is 1.06 bits per heavy atom. The van der Waals surface area contributed by atoms with Crippen molar-refractivity contribution in [3.05, 3.63) is 65.0 Å². The standard InChI is InChI=1S/C24H24N4O3S/c1-14-5-8-18(11-15(14)2)22-21-23(26-16(3)27-24(21)31-28-22)30-13-20(29)25-12-17-6-9-19(32-4)10-7-17/h5-11H,12-13H2,1-4H3,(H,25,29). The molecule has 0 aliphatic heterocycles. The van der Waals surface area contributed by atoms with Crippen LogP contribution in [-0.2, 0) is 11.3 Å². The van der Waals surface area contributed by atoms with Gasteiger partial charge in [0.15, 0.2) is 6.61 Å². The molecule has 4 rings (SSSR count). The van der Waals surface area contributed by atoms with Gasteiger partial charge in [-0.3, -0.25) is 4.79 Å². The van der Waals surface area contributed by atoms with Crippen molar-refractivity contribution in [2.45, 2.75) is 32.2 Å². The van der Waals surface area contributed by atoms with Crippen LogP contribution in [0.3, 0.4) is 0 Å². The molecule has 0 radical (unpaired) electrons. The van der Waals surface area contributed by atoms with Crippen molar-refractivity contribution in [1.82, 2.24) is 20.4 Å². The number of ether oxygens (including phenoxy) is 1. The van der Waals surface area contributed by atoms with Crippen molar-refractivity contribution in [1.29, 1.82) is 0 Å². The lowest BCUT2D eigenvalue weighted by atomic mass is 10.0. The average molecular weight is 449 g/mol. The minimum Gasteiger partial charge on any atom is -0.467 e. The van der Waals surface area contributed by atoms with Gasteiger partial charge in [-0.05, 0) is 61.9 Å². The van der Waals surface area contributed by atoms with Gasteiger partial charge in [0.2, 0.25) is 5.88 Å². The number of rotatable bonds is 7. The lowest BCUT2D eigenvalue weighted by molar-refractivity contribution is -0.123. The number of benzene rings is 2. The molecule has 0 bridgehead atoms. The number of hydrogen-bond donors (Lipinski definition) is 1. The summed E-state index contributed by atoms with van der Waals surface area (Å²) in [5.74, 6) is 0.513. The highest BCUT2D eigenvalue weighted by molar-refractivity contribution is 7.98. The first-order chi connectivity index (χ1) is 15.4. The van der Waals surface area contributed by atoms with Gasteiger partial charge in [0.1, 0.15) is 16.9 Å². The zero-order chi connectivity index (χ0) is 22.7. The third kappa shape index (κ3) is 4.75. The Balaban J connectivity index is 1.51. The Hall–Kier alpha value is -3.39. The molecule has 0 atom stereocenters. The first kappa shape index (κ1) is 21.8. The van der Waals surface area contributed by atoms with E-state index < -0.39 is 0 Å². The predicted octanol–water partition coefficient (Wildman–Crippen LogP) is 4.63. The second-order valence-electron chi connectivity index (χ2n) is 7.50. The van der Waals surface area contributed by atoms with Gasteiger partial charge in [0, 0.05) is 17.0 Å². The summed E-state index contributed by atoms with van der Waals surface area (Å²) in [7, 11) is 0. The highest BCUT2D eigenvalue weighted by Crippen LogP contribution is 2.33. The van der Waals surface area contributed by atoms with E-state index in [1.54, 1.807) is 18.7 Å². The van der Waals surface area contributed by atoms with E-state index in [0.29, 0.717) is 29.2 Å². The second kappa shape index (κ2) is 9.40. The number of nitrogens with zero attached hydrogens (tertiary/aromatic N) is 3. The maximum atomic E-state index is 12.4. The zero-order valence-electron chi connectivity index (χ0n) is 18.4. The minimum absolute atomic E-state index is 0.175. The van der Waals surface area contributed by atoms with E-state index in [2.05, 4.69) is 27.4 Å². The molecule has 0 aliphatic carbocycles. The fourth-order valence-electron chi connectivity index (χ4n) is 3.24. The molecule has 1 amide bonds. The Morgan fingerprint density at radius 2 is 1.84 bits per heavy atom. The molecular weight excluding hydrogens is 424 g/mol.